The highest BCUT2D eigenvalue weighted by Crippen LogP contribution is 2.24. The molecule has 0 aliphatic heterocycles. The number of imidazole rings is 1. The average molecular weight is 270 g/mol. The third-order valence-corrected chi connectivity index (χ3v) is 3.79. The van der Waals surface area contributed by atoms with Crippen molar-refractivity contribution in [1.29, 1.82) is 0 Å². The first-order chi connectivity index (χ1) is 8.31. The van der Waals surface area contributed by atoms with E-state index in [2.05, 4.69) is 27.7 Å². The molecule has 1 unspecified atom stereocenters. The standard InChI is InChI=1S/C12H16ClN3S/c1-3-9(8-17-2)16-11(7-13)15-10-5-4-6-14-12(10)16/h4-6,9H,3,7-8H2,1-2H3. The Labute approximate surface area is 111 Å². The number of aromatic nitrogens is 3. The summed E-state index contributed by atoms with van der Waals surface area (Å²) in [6, 6.07) is 4.31. The summed E-state index contributed by atoms with van der Waals surface area (Å²) in [5.41, 5.74) is 1.88. The summed E-state index contributed by atoms with van der Waals surface area (Å²) < 4.78 is 2.19. The zero-order valence-electron chi connectivity index (χ0n) is 10.1. The van der Waals surface area contributed by atoms with E-state index >= 15 is 0 Å². The largest absolute Gasteiger partial charge is 0.308 e. The first-order valence-electron chi connectivity index (χ1n) is 5.68. The van der Waals surface area contributed by atoms with E-state index in [0.29, 0.717) is 11.9 Å². The van der Waals surface area contributed by atoms with E-state index in [1.807, 2.05) is 30.1 Å². The molecule has 2 aromatic rings. The first kappa shape index (κ1) is 12.7. The van der Waals surface area contributed by atoms with Crippen LogP contribution in [0, 0.1) is 0 Å². The molecule has 0 aromatic carbocycles. The highest BCUT2D eigenvalue weighted by atomic mass is 35.5. The van der Waals surface area contributed by atoms with Crippen LogP contribution in [0.5, 0.6) is 0 Å². The smallest absolute Gasteiger partial charge is 0.160 e. The van der Waals surface area contributed by atoms with Gasteiger partial charge in [0.1, 0.15) is 11.3 Å². The second-order valence-corrected chi connectivity index (χ2v) is 5.07. The van der Waals surface area contributed by atoms with Crippen LogP contribution in [-0.2, 0) is 5.88 Å². The van der Waals surface area contributed by atoms with Crippen LogP contribution in [0.2, 0.25) is 0 Å². The highest BCUT2D eigenvalue weighted by Gasteiger charge is 2.17. The monoisotopic (exact) mass is 269 g/mol. The molecule has 2 aromatic heterocycles. The molecule has 0 bridgehead atoms. The van der Waals surface area contributed by atoms with Gasteiger partial charge in [0.15, 0.2) is 5.65 Å². The van der Waals surface area contributed by atoms with Crippen LogP contribution in [0.15, 0.2) is 18.3 Å². The number of alkyl halides is 1. The average Bonchev–Trinajstić information content (AvgIpc) is 2.74. The van der Waals surface area contributed by atoms with Crippen LogP contribution in [0.4, 0.5) is 0 Å². The van der Waals surface area contributed by atoms with Gasteiger partial charge in [-0.25, -0.2) is 9.97 Å². The lowest BCUT2D eigenvalue weighted by Crippen LogP contribution is -2.13. The van der Waals surface area contributed by atoms with Crippen LogP contribution in [0.3, 0.4) is 0 Å². The van der Waals surface area contributed by atoms with Gasteiger partial charge in [-0.1, -0.05) is 6.92 Å². The summed E-state index contributed by atoms with van der Waals surface area (Å²) in [6.07, 6.45) is 4.99. The number of pyridine rings is 1. The van der Waals surface area contributed by atoms with Crippen LogP contribution in [-0.4, -0.2) is 26.5 Å². The lowest BCUT2D eigenvalue weighted by Gasteiger charge is -2.18. The Morgan fingerprint density at radius 1 is 1.53 bits per heavy atom. The van der Waals surface area contributed by atoms with E-state index in [-0.39, 0.29) is 0 Å². The Hall–Kier alpha value is -0.740. The van der Waals surface area contributed by atoms with Crippen LogP contribution in [0.1, 0.15) is 25.2 Å². The Kier molecular flexibility index (Phi) is 4.29. The Morgan fingerprint density at radius 3 is 3.00 bits per heavy atom. The fraction of sp³-hybridized carbons (Fsp3) is 0.500. The third kappa shape index (κ3) is 2.43. The van der Waals surface area contributed by atoms with Crippen LogP contribution in [0.25, 0.3) is 11.2 Å². The molecule has 2 rings (SSSR count). The Bertz CT molecular complexity index is 497. The number of thioether (sulfide) groups is 1. The molecule has 0 aliphatic carbocycles. The number of rotatable bonds is 5. The van der Waals surface area contributed by atoms with Crippen molar-refractivity contribution in [2.45, 2.75) is 25.3 Å². The maximum absolute atomic E-state index is 5.99. The second kappa shape index (κ2) is 5.74. The first-order valence-corrected chi connectivity index (χ1v) is 7.61. The van der Waals surface area contributed by atoms with Gasteiger partial charge < -0.3 is 4.57 Å². The fourth-order valence-electron chi connectivity index (χ4n) is 2.02. The van der Waals surface area contributed by atoms with Crippen molar-refractivity contribution < 1.29 is 0 Å². The van der Waals surface area contributed by atoms with Gasteiger partial charge in [0.05, 0.1) is 5.88 Å². The van der Waals surface area contributed by atoms with E-state index in [1.54, 1.807) is 0 Å². The van der Waals surface area contributed by atoms with Gasteiger partial charge in [0, 0.05) is 18.0 Å². The van der Waals surface area contributed by atoms with E-state index in [9.17, 15) is 0 Å². The van der Waals surface area contributed by atoms with Gasteiger partial charge in [0.25, 0.3) is 0 Å². The molecule has 92 valence electrons. The van der Waals surface area contributed by atoms with Crippen LogP contribution < -0.4 is 0 Å². The summed E-state index contributed by atoms with van der Waals surface area (Å²) in [5.74, 6) is 2.41. The minimum absolute atomic E-state index is 0.415. The number of hydrogen-bond donors (Lipinski definition) is 0. The minimum Gasteiger partial charge on any atom is -0.308 e. The maximum atomic E-state index is 5.99. The van der Waals surface area contributed by atoms with Crippen molar-refractivity contribution in [3.63, 3.8) is 0 Å². The summed E-state index contributed by atoms with van der Waals surface area (Å²) in [7, 11) is 0. The molecule has 2 heterocycles. The second-order valence-electron chi connectivity index (χ2n) is 3.90. The lowest BCUT2D eigenvalue weighted by molar-refractivity contribution is 0.535. The zero-order chi connectivity index (χ0) is 12.3. The molecule has 0 spiro atoms. The molecular formula is C12H16ClN3S. The molecule has 5 heteroatoms. The van der Waals surface area contributed by atoms with Crippen molar-refractivity contribution in [2.75, 3.05) is 12.0 Å². The van der Waals surface area contributed by atoms with Gasteiger partial charge in [-0.15, -0.1) is 11.6 Å². The molecule has 17 heavy (non-hydrogen) atoms. The lowest BCUT2D eigenvalue weighted by atomic mass is 10.2. The van der Waals surface area contributed by atoms with E-state index in [0.717, 1.165) is 29.2 Å². The Morgan fingerprint density at radius 2 is 2.35 bits per heavy atom. The van der Waals surface area contributed by atoms with E-state index < -0.39 is 0 Å². The van der Waals surface area contributed by atoms with E-state index in [4.69, 9.17) is 11.6 Å². The van der Waals surface area contributed by atoms with Gasteiger partial charge in [0.2, 0.25) is 0 Å². The molecule has 0 amide bonds. The third-order valence-electron chi connectivity index (χ3n) is 2.84. The molecule has 0 aliphatic rings. The number of halogens is 1. The van der Waals surface area contributed by atoms with Gasteiger partial charge >= 0.3 is 0 Å². The molecule has 0 fully saturated rings. The van der Waals surface area contributed by atoms with Crippen molar-refractivity contribution in [3.8, 4) is 0 Å². The molecule has 0 saturated carbocycles. The predicted molar refractivity (Wildman–Crippen MR) is 74.8 cm³/mol. The normalized spacial score (nSPS) is 13.1. The molecule has 1 atom stereocenters. The van der Waals surface area contributed by atoms with Crippen molar-refractivity contribution in [2.24, 2.45) is 0 Å². The number of nitrogens with zero attached hydrogens (tertiary/aromatic N) is 3. The molecular weight excluding hydrogens is 254 g/mol. The topological polar surface area (TPSA) is 30.7 Å². The highest BCUT2D eigenvalue weighted by molar-refractivity contribution is 7.98. The summed E-state index contributed by atoms with van der Waals surface area (Å²) in [6.45, 7) is 2.19. The predicted octanol–water partition coefficient (Wildman–Crippen LogP) is 3.48. The quantitative estimate of drug-likeness (QED) is 0.779. The summed E-state index contributed by atoms with van der Waals surface area (Å²) in [4.78, 5) is 8.97. The minimum atomic E-state index is 0.415. The van der Waals surface area contributed by atoms with Crippen molar-refractivity contribution in [3.05, 3.63) is 24.2 Å². The van der Waals surface area contributed by atoms with Crippen molar-refractivity contribution >= 4 is 34.5 Å². The van der Waals surface area contributed by atoms with Gasteiger partial charge in [-0.2, -0.15) is 11.8 Å². The molecule has 0 N–H and O–H groups in total. The summed E-state index contributed by atoms with van der Waals surface area (Å²) in [5, 5.41) is 0. The molecule has 0 radical (unpaired) electrons. The SMILES string of the molecule is CCC(CSC)n1c(CCl)nc2cccnc21. The maximum Gasteiger partial charge on any atom is 0.160 e. The zero-order valence-corrected chi connectivity index (χ0v) is 11.6. The van der Waals surface area contributed by atoms with Crippen LogP contribution >= 0.6 is 23.4 Å². The molecule has 0 saturated heterocycles. The number of hydrogen-bond acceptors (Lipinski definition) is 3. The summed E-state index contributed by atoms with van der Waals surface area (Å²) >= 11 is 7.83. The molecule has 3 nitrogen and oxygen atoms in total. The fourth-order valence-corrected chi connectivity index (χ4v) is 2.98. The number of fused-ring (bicyclic) bond motifs is 1. The Balaban J connectivity index is 2.55. The van der Waals surface area contributed by atoms with Gasteiger partial charge in [-0.05, 0) is 24.8 Å². The van der Waals surface area contributed by atoms with Gasteiger partial charge in [-0.3, -0.25) is 0 Å². The van der Waals surface area contributed by atoms with E-state index in [1.165, 1.54) is 0 Å². The van der Waals surface area contributed by atoms with Crippen molar-refractivity contribution in [1.82, 2.24) is 14.5 Å².